The highest BCUT2D eigenvalue weighted by Gasteiger charge is 2.14. The van der Waals surface area contributed by atoms with Crippen molar-refractivity contribution in [3.63, 3.8) is 0 Å². The van der Waals surface area contributed by atoms with E-state index in [9.17, 15) is 18.8 Å². The van der Waals surface area contributed by atoms with Crippen molar-refractivity contribution in [2.24, 2.45) is 0 Å². The Bertz CT molecular complexity index is 1590. The lowest BCUT2D eigenvalue weighted by Crippen LogP contribution is -2.40. The molecule has 2 amide bonds. The van der Waals surface area contributed by atoms with Crippen molar-refractivity contribution in [2.75, 3.05) is 23.8 Å². The van der Waals surface area contributed by atoms with Crippen LogP contribution >= 0.6 is 11.6 Å². The average molecular weight is 608 g/mol. The Labute approximate surface area is 250 Å². The van der Waals surface area contributed by atoms with Crippen LogP contribution in [0.3, 0.4) is 0 Å². The van der Waals surface area contributed by atoms with Gasteiger partial charge in [-0.05, 0) is 64.9 Å². The number of nitrogens with one attached hydrogen (secondary N) is 3. The number of carbonyl (C=O) groups is 3. The van der Waals surface area contributed by atoms with Crippen LogP contribution in [0, 0.1) is 5.82 Å². The highest BCUT2D eigenvalue weighted by Crippen LogP contribution is 2.21. The topological polar surface area (TPSA) is 160 Å². The number of benzene rings is 3. The van der Waals surface area contributed by atoms with Gasteiger partial charge in [0.05, 0.1) is 23.8 Å². The maximum atomic E-state index is 14.7. The lowest BCUT2D eigenvalue weighted by Gasteiger charge is -2.20. The molecule has 0 radical (unpaired) electrons. The zero-order chi connectivity index (χ0) is 30.6. The fourth-order valence-corrected chi connectivity index (χ4v) is 4.15. The molecule has 0 fully saturated rings. The fraction of sp³-hybridized carbons (Fsp3) is 0.172. The van der Waals surface area contributed by atoms with Gasteiger partial charge in [-0.3, -0.25) is 14.9 Å². The maximum Gasteiger partial charge on any atom is 0.411 e. The molecule has 0 aliphatic rings. The van der Waals surface area contributed by atoms with Crippen LogP contribution in [0.5, 0.6) is 0 Å². The van der Waals surface area contributed by atoms with E-state index in [4.69, 9.17) is 21.4 Å². The number of aromatic nitrogens is 4. The van der Waals surface area contributed by atoms with Crippen molar-refractivity contribution in [3.05, 3.63) is 101 Å². The zero-order valence-corrected chi connectivity index (χ0v) is 23.4. The molecule has 1 aromatic heterocycles. The molecule has 12 nitrogen and oxygen atoms in total. The Morgan fingerprint density at radius 3 is 2.63 bits per heavy atom. The molecule has 43 heavy (non-hydrogen) atoms. The minimum Gasteiger partial charge on any atom is -0.481 e. The lowest BCUT2D eigenvalue weighted by molar-refractivity contribution is -0.137. The molecule has 1 heterocycles. The first-order valence-electron chi connectivity index (χ1n) is 13.0. The van der Waals surface area contributed by atoms with Gasteiger partial charge in [0.1, 0.15) is 18.8 Å². The van der Waals surface area contributed by atoms with Crippen LogP contribution in [0.1, 0.15) is 17.5 Å². The van der Waals surface area contributed by atoms with Crippen LogP contribution in [0.4, 0.5) is 20.6 Å². The summed E-state index contributed by atoms with van der Waals surface area (Å²) in [5.41, 5.74) is 2.53. The Kier molecular flexibility index (Phi) is 10.7. The maximum absolute atomic E-state index is 14.7. The summed E-state index contributed by atoms with van der Waals surface area (Å²) < 4.78 is 20.8. The number of tetrazole rings is 1. The van der Waals surface area contributed by atoms with Crippen LogP contribution in [-0.4, -0.2) is 62.5 Å². The summed E-state index contributed by atoms with van der Waals surface area (Å²) in [6.45, 7) is -0.0867. The van der Waals surface area contributed by atoms with Gasteiger partial charge in [0.25, 0.3) is 0 Å². The number of hydrogen-bond donors (Lipinski definition) is 4. The van der Waals surface area contributed by atoms with Crippen LogP contribution in [0.25, 0.3) is 11.8 Å². The summed E-state index contributed by atoms with van der Waals surface area (Å²) in [6, 6.07) is 18.4. The van der Waals surface area contributed by atoms with Gasteiger partial charge in [-0.1, -0.05) is 41.9 Å². The number of halogens is 2. The molecule has 1 unspecified atom stereocenters. The van der Waals surface area contributed by atoms with Gasteiger partial charge in [-0.2, -0.15) is 4.68 Å². The number of aliphatic carboxylic acids is 1. The highest BCUT2D eigenvalue weighted by atomic mass is 35.5. The zero-order valence-electron chi connectivity index (χ0n) is 22.6. The van der Waals surface area contributed by atoms with E-state index < -0.39 is 17.9 Å². The monoisotopic (exact) mass is 607 g/mol. The van der Waals surface area contributed by atoms with Crippen molar-refractivity contribution in [1.82, 2.24) is 25.5 Å². The summed E-state index contributed by atoms with van der Waals surface area (Å²) in [5.74, 6) is -2.22. The number of ether oxygens (including phenoxy) is 1. The minimum absolute atomic E-state index is 0.132. The van der Waals surface area contributed by atoms with Crippen molar-refractivity contribution in [3.8, 4) is 5.69 Å². The summed E-state index contributed by atoms with van der Waals surface area (Å²) >= 11 is 6.17. The van der Waals surface area contributed by atoms with Crippen molar-refractivity contribution >= 4 is 47.0 Å². The van der Waals surface area contributed by atoms with Crippen molar-refractivity contribution in [2.45, 2.75) is 18.9 Å². The molecule has 14 heteroatoms. The molecule has 0 spiro atoms. The summed E-state index contributed by atoms with van der Waals surface area (Å²) in [4.78, 5) is 35.3. The van der Waals surface area contributed by atoms with Gasteiger partial charge < -0.3 is 20.5 Å². The highest BCUT2D eigenvalue weighted by molar-refractivity contribution is 6.30. The predicted molar refractivity (Wildman–Crippen MR) is 157 cm³/mol. The molecular formula is C29H27ClFN7O5. The molecule has 0 saturated heterocycles. The first-order valence-corrected chi connectivity index (χ1v) is 13.4. The molecule has 0 bridgehead atoms. The third kappa shape index (κ3) is 9.64. The second-order valence-electron chi connectivity index (χ2n) is 9.17. The summed E-state index contributed by atoms with van der Waals surface area (Å²) in [5, 5.41) is 28.6. The van der Waals surface area contributed by atoms with Crippen LogP contribution in [0.2, 0.25) is 5.02 Å². The van der Waals surface area contributed by atoms with Gasteiger partial charge in [0.2, 0.25) is 5.91 Å². The number of carbonyl (C=O) groups excluding carboxylic acids is 2. The summed E-state index contributed by atoms with van der Waals surface area (Å²) in [6.07, 6.45) is 3.58. The molecule has 0 aliphatic heterocycles. The van der Waals surface area contributed by atoms with E-state index >= 15 is 0 Å². The van der Waals surface area contributed by atoms with Gasteiger partial charge >= 0.3 is 12.1 Å². The van der Waals surface area contributed by atoms with E-state index in [0.717, 1.165) is 5.56 Å². The quantitative estimate of drug-likeness (QED) is 0.162. The first-order chi connectivity index (χ1) is 20.8. The van der Waals surface area contributed by atoms with Gasteiger partial charge in [0, 0.05) is 28.9 Å². The van der Waals surface area contributed by atoms with Crippen molar-refractivity contribution < 1.29 is 28.6 Å². The van der Waals surface area contributed by atoms with E-state index in [0.29, 0.717) is 28.4 Å². The molecule has 4 aromatic rings. The molecule has 1 atom stereocenters. The van der Waals surface area contributed by atoms with E-state index in [2.05, 4.69) is 31.5 Å². The second-order valence-corrected chi connectivity index (χ2v) is 9.60. The SMILES string of the molecule is O=C(O)CCOC(=O)Nc1ccc(NCC(Cc2ccccc2)NC(=O)C=Cc2cc(Cl)ccc2-n2cnnn2)cc1F. The van der Waals surface area contributed by atoms with E-state index in [-0.39, 0.29) is 37.2 Å². The average Bonchev–Trinajstić information content (AvgIpc) is 3.51. The second kappa shape index (κ2) is 15.1. The molecule has 4 rings (SSSR count). The Morgan fingerprint density at radius 1 is 1.09 bits per heavy atom. The van der Waals surface area contributed by atoms with Crippen LogP contribution < -0.4 is 16.0 Å². The van der Waals surface area contributed by atoms with Gasteiger partial charge in [0.15, 0.2) is 0 Å². The third-order valence-corrected chi connectivity index (χ3v) is 6.21. The molecule has 3 aromatic carbocycles. The van der Waals surface area contributed by atoms with E-state index in [1.54, 1.807) is 30.3 Å². The first kappa shape index (κ1) is 30.7. The third-order valence-electron chi connectivity index (χ3n) is 5.98. The van der Waals surface area contributed by atoms with Gasteiger partial charge in [-0.25, -0.2) is 9.18 Å². The number of rotatable bonds is 13. The number of nitrogens with zero attached hydrogens (tertiary/aromatic N) is 4. The fourth-order valence-electron chi connectivity index (χ4n) is 3.97. The Balaban J connectivity index is 1.41. The van der Waals surface area contributed by atoms with Crippen LogP contribution in [0.15, 0.2) is 79.1 Å². The Hall–Kier alpha value is -5.30. The number of anilines is 2. The standard InChI is InChI=1S/C29H27ClFN7O5/c30-21-7-10-26(38-18-33-36-37-38)20(15-21)6-11-27(39)34-23(14-19-4-2-1-3-5-19)17-32-22-8-9-25(24(31)16-22)35-29(42)43-13-12-28(40)41/h1-11,15-16,18,23,32H,12-14,17H2,(H,34,39)(H,35,42)(H,40,41). The lowest BCUT2D eigenvalue weighted by atomic mass is 10.1. The molecule has 4 N–H and O–H groups in total. The molecule has 0 saturated carbocycles. The van der Waals surface area contributed by atoms with Gasteiger partial charge in [-0.15, -0.1) is 5.10 Å². The van der Waals surface area contributed by atoms with Crippen LogP contribution in [-0.2, 0) is 20.7 Å². The number of carboxylic acids is 1. The largest absolute Gasteiger partial charge is 0.481 e. The summed E-state index contributed by atoms with van der Waals surface area (Å²) in [7, 11) is 0. The number of hydrogen-bond acceptors (Lipinski definition) is 8. The molecule has 222 valence electrons. The minimum atomic E-state index is -1.12. The molecular weight excluding hydrogens is 581 g/mol. The smallest absolute Gasteiger partial charge is 0.411 e. The Morgan fingerprint density at radius 2 is 1.91 bits per heavy atom. The van der Waals surface area contributed by atoms with Crippen molar-refractivity contribution in [1.29, 1.82) is 0 Å². The predicted octanol–water partition coefficient (Wildman–Crippen LogP) is 4.33. The van der Waals surface area contributed by atoms with E-state index in [1.807, 2.05) is 30.3 Å². The molecule has 0 aliphatic carbocycles. The number of amides is 2. The number of carboxylic acid groups (broad SMARTS) is 1. The normalized spacial score (nSPS) is 11.6. The van der Waals surface area contributed by atoms with E-state index in [1.165, 1.54) is 29.2 Å².